The minimum atomic E-state index is 0. The molecule has 0 bridgehead atoms. The third-order valence-electron chi connectivity index (χ3n) is 2.67. The van der Waals surface area contributed by atoms with Crippen LogP contribution in [0.15, 0.2) is 0 Å². The van der Waals surface area contributed by atoms with E-state index in [9.17, 15) is 0 Å². The second kappa shape index (κ2) is 11.2. The van der Waals surface area contributed by atoms with E-state index in [2.05, 4.69) is 26.7 Å². The molecule has 0 atom stereocenters. The fourth-order valence-electron chi connectivity index (χ4n) is 1.45. The van der Waals surface area contributed by atoms with Gasteiger partial charge in [-0.05, 0) is 25.0 Å². The lowest BCUT2D eigenvalue weighted by Crippen LogP contribution is -3.00. The number of nitrogens with zero attached hydrogens (tertiary/aromatic N) is 1. The van der Waals surface area contributed by atoms with Crippen molar-refractivity contribution in [3.63, 3.8) is 0 Å². The molecule has 0 aliphatic carbocycles. The summed E-state index contributed by atoms with van der Waals surface area (Å²) in [6, 6.07) is 0. The van der Waals surface area contributed by atoms with Crippen LogP contribution in [0.2, 0.25) is 0 Å². The summed E-state index contributed by atoms with van der Waals surface area (Å²) in [6.45, 7) is 1.96. The maximum Gasteiger partial charge on any atom is 0.129 e. The number of hydrogen-bond donors (Lipinski definition) is 2. The lowest BCUT2D eigenvalue weighted by molar-refractivity contribution is -0.890. The highest BCUT2D eigenvalue weighted by Crippen LogP contribution is 2.07. The van der Waals surface area contributed by atoms with Crippen molar-refractivity contribution in [1.82, 2.24) is 0 Å². The van der Waals surface area contributed by atoms with E-state index in [0.29, 0.717) is 0 Å². The number of quaternary nitrogens is 1. The van der Waals surface area contributed by atoms with E-state index in [4.69, 9.17) is 5.73 Å². The first-order valence-electron chi connectivity index (χ1n) is 5.75. The molecule has 2 N–H and O–H groups in total. The molecule has 0 unspecified atom stereocenters. The predicted molar refractivity (Wildman–Crippen MR) is 67.6 cm³/mol. The molecule has 0 aromatic rings. The minimum absolute atomic E-state index is 0. The Morgan fingerprint density at radius 1 is 0.933 bits per heavy atom. The SMILES string of the molecule is C[N+](C)(CN)CCCCCCCCS.[Br-]. The lowest BCUT2D eigenvalue weighted by Gasteiger charge is -2.27. The van der Waals surface area contributed by atoms with Crippen molar-refractivity contribution in [3.05, 3.63) is 0 Å². The van der Waals surface area contributed by atoms with Gasteiger partial charge in [-0.1, -0.05) is 19.3 Å². The van der Waals surface area contributed by atoms with Gasteiger partial charge < -0.3 is 21.5 Å². The predicted octanol–water partition coefficient (Wildman–Crippen LogP) is -0.747. The molecule has 15 heavy (non-hydrogen) atoms. The van der Waals surface area contributed by atoms with Crippen molar-refractivity contribution in [2.45, 2.75) is 38.5 Å². The van der Waals surface area contributed by atoms with Crippen LogP contribution in [0, 0.1) is 0 Å². The first kappa shape index (κ1) is 18.1. The van der Waals surface area contributed by atoms with Gasteiger partial charge in [-0.15, -0.1) is 0 Å². The van der Waals surface area contributed by atoms with Crippen LogP contribution in [0.3, 0.4) is 0 Å². The van der Waals surface area contributed by atoms with E-state index in [-0.39, 0.29) is 17.0 Å². The highest BCUT2D eigenvalue weighted by Gasteiger charge is 2.10. The molecule has 0 heterocycles. The Morgan fingerprint density at radius 3 is 1.87 bits per heavy atom. The lowest BCUT2D eigenvalue weighted by atomic mass is 10.1. The first-order valence-corrected chi connectivity index (χ1v) is 6.38. The monoisotopic (exact) mass is 298 g/mol. The van der Waals surface area contributed by atoms with Crippen molar-refractivity contribution in [1.29, 1.82) is 0 Å². The van der Waals surface area contributed by atoms with Gasteiger partial charge in [-0.2, -0.15) is 12.6 Å². The third kappa shape index (κ3) is 12.7. The molecule has 94 valence electrons. The molecule has 4 heteroatoms. The largest absolute Gasteiger partial charge is 1.00 e. The van der Waals surface area contributed by atoms with E-state index < -0.39 is 0 Å². The van der Waals surface area contributed by atoms with Gasteiger partial charge in [0.1, 0.15) is 6.67 Å². The van der Waals surface area contributed by atoms with E-state index in [1.807, 2.05) is 0 Å². The zero-order valence-corrected chi connectivity index (χ0v) is 12.7. The fourth-order valence-corrected chi connectivity index (χ4v) is 1.67. The zero-order chi connectivity index (χ0) is 10.9. The minimum Gasteiger partial charge on any atom is -1.00 e. The molecule has 0 rings (SSSR count). The van der Waals surface area contributed by atoms with Crippen LogP contribution >= 0.6 is 12.6 Å². The van der Waals surface area contributed by atoms with Crippen LogP contribution < -0.4 is 22.7 Å². The Balaban J connectivity index is 0. The van der Waals surface area contributed by atoms with Gasteiger partial charge in [0, 0.05) is 0 Å². The molecule has 0 radical (unpaired) electrons. The molecule has 0 spiro atoms. The standard InChI is InChI=1S/C11H26N2S.BrH/c1-13(2,11-12)9-7-5-3-4-6-8-10-14;/h3-12H2,1-2H3;1H. The summed E-state index contributed by atoms with van der Waals surface area (Å²) in [5, 5.41) is 0. The number of rotatable bonds is 9. The molecule has 0 amide bonds. The van der Waals surface area contributed by atoms with Crippen molar-refractivity contribution >= 4 is 12.6 Å². The van der Waals surface area contributed by atoms with E-state index >= 15 is 0 Å². The molecular weight excluding hydrogens is 272 g/mol. The smallest absolute Gasteiger partial charge is 0.129 e. The van der Waals surface area contributed by atoms with Gasteiger partial charge in [0.05, 0.1) is 20.6 Å². The molecule has 0 aliphatic rings. The third-order valence-corrected chi connectivity index (χ3v) is 2.98. The summed E-state index contributed by atoms with van der Waals surface area (Å²) >= 11 is 4.20. The molecule has 2 nitrogen and oxygen atoms in total. The Bertz CT molecular complexity index is 132. The summed E-state index contributed by atoms with van der Waals surface area (Å²) in [6.07, 6.45) is 8.03. The average molecular weight is 299 g/mol. The van der Waals surface area contributed by atoms with Crippen LogP contribution in [0.4, 0.5) is 0 Å². The number of halogens is 1. The summed E-state index contributed by atoms with van der Waals surface area (Å²) in [4.78, 5) is 0. The van der Waals surface area contributed by atoms with E-state index in [0.717, 1.165) is 16.9 Å². The Kier molecular flexibility index (Phi) is 13.6. The molecule has 0 saturated heterocycles. The van der Waals surface area contributed by atoms with Crippen molar-refractivity contribution in [3.8, 4) is 0 Å². The quantitative estimate of drug-likeness (QED) is 0.249. The van der Waals surface area contributed by atoms with Crippen LogP contribution in [0.5, 0.6) is 0 Å². The zero-order valence-electron chi connectivity index (χ0n) is 10.2. The Morgan fingerprint density at radius 2 is 1.40 bits per heavy atom. The molecule has 0 aromatic heterocycles. The van der Waals surface area contributed by atoms with Crippen molar-refractivity contribution in [2.75, 3.05) is 33.1 Å². The van der Waals surface area contributed by atoms with E-state index in [1.165, 1.54) is 45.1 Å². The number of hydrogen-bond acceptors (Lipinski definition) is 2. The first-order chi connectivity index (χ1) is 6.62. The number of unbranched alkanes of at least 4 members (excludes halogenated alkanes) is 5. The van der Waals surface area contributed by atoms with Gasteiger partial charge in [-0.3, -0.25) is 5.73 Å². The number of thiol groups is 1. The second-order valence-corrected chi connectivity index (χ2v) is 5.13. The van der Waals surface area contributed by atoms with Crippen molar-refractivity contribution < 1.29 is 21.5 Å². The van der Waals surface area contributed by atoms with E-state index in [1.54, 1.807) is 0 Å². The summed E-state index contributed by atoms with van der Waals surface area (Å²) in [7, 11) is 4.39. The van der Waals surface area contributed by atoms with Crippen LogP contribution in [-0.2, 0) is 0 Å². The summed E-state index contributed by atoms with van der Waals surface area (Å²) < 4.78 is 0.955. The normalized spacial score (nSPS) is 11.2. The number of nitrogens with two attached hydrogens (primary N) is 1. The molecular formula is C11H27BrN2S. The van der Waals surface area contributed by atoms with Crippen molar-refractivity contribution in [2.24, 2.45) is 5.73 Å². The van der Waals surface area contributed by atoms with Gasteiger partial charge in [0.25, 0.3) is 0 Å². The van der Waals surface area contributed by atoms with Gasteiger partial charge in [0.15, 0.2) is 0 Å². The average Bonchev–Trinajstić information content (AvgIpc) is 2.16. The maximum absolute atomic E-state index is 5.65. The molecule has 0 aliphatic heterocycles. The summed E-state index contributed by atoms with van der Waals surface area (Å²) in [5.41, 5.74) is 5.65. The fraction of sp³-hybridized carbons (Fsp3) is 1.00. The maximum atomic E-state index is 5.65. The Hall–Kier alpha value is 0.750. The van der Waals surface area contributed by atoms with Crippen LogP contribution in [-0.4, -0.2) is 37.5 Å². The van der Waals surface area contributed by atoms with Gasteiger partial charge in [-0.25, -0.2) is 0 Å². The van der Waals surface area contributed by atoms with Crippen LogP contribution in [0.1, 0.15) is 38.5 Å². The Labute approximate surface area is 111 Å². The molecule has 0 saturated carbocycles. The molecule has 0 aromatic carbocycles. The second-order valence-electron chi connectivity index (χ2n) is 4.69. The highest BCUT2D eigenvalue weighted by atomic mass is 79.9. The highest BCUT2D eigenvalue weighted by molar-refractivity contribution is 7.80. The topological polar surface area (TPSA) is 26.0 Å². The molecule has 0 fully saturated rings. The van der Waals surface area contributed by atoms with Crippen LogP contribution in [0.25, 0.3) is 0 Å². The van der Waals surface area contributed by atoms with Gasteiger partial charge in [0.2, 0.25) is 0 Å². The van der Waals surface area contributed by atoms with Gasteiger partial charge >= 0.3 is 0 Å². The summed E-state index contributed by atoms with van der Waals surface area (Å²) in [5.74, 6) is 1.04.